The van der Waals surface area contributed by atoms with Gasteiger partial charge in [0.2, 0.25) is 10.0 Å². The predicted molar refractivity (Wildman–Crippen MR) is 93.8 cm³/mol. The number of hydrogen-bond donors (Lipinski definition) is 1. The van der Waals surface area contributed by atoms with Gasteiger partial charge >= 0.3 is 0 Å². The normalized spacial score (nSPS) is 18.0. The van der Waals surface area contributed by atoms with Crippen molar-refractivity contribution in [2.24, 2.45) is 0 Å². The van der Waals surface area contributed by atoms with Crippen LogP contribution in [-0.4, -0.2) is 44.2 Å². The number of rotatable bonds is 7. The molecule has 0 saturated carbocycles. The van der Waals surface area contributed by atoms with Crippen LogP contribution in [0.2, 0.25) is 0 Å². The number of halogens is 1. The Kier molecular flexibility index (Phi) is 7.67. The summed E-state index contributed by atoms with van der Waals surface area (Å²) in [6.45, 7) is 5.78. The zero-order valence-electron chi connectivity index (χ0n) is 13.6. The molecule has 1 atom stereocenters. The molecule has 1 heterocycles. The van der Waals surface area contributed by atoms with Gasteiger partial charge < -0.3 is 5.32 Å². The minimum Gasteiger partial charge on any atom is -0.315 e. The van der Waals surface area contributed by atoms with E-state index in [2.05, 4.69) is 5.32 Å². The molecule has 1 aromatic carbocycles. The molecule has 5 nitrogen and oxygen atoms in total. The second kappa shape index (κ2) is 8.78. The zero-order chi connectivity index (χ0) is 16.2. The van der Waals surface area contributed by atoms with Gasteiger partial charge in [-0.2, -0.15) is 4.31 Å². The van der Waals surface area contributed by atoms with E-state index < -0.39 is 10.0 Å². The fourth-order valence-electron chi connectivity index (χ4n) is 2.77. The first-order valence-corrected chi connectivity index (χ1v) is 9.30. The molecule has 0 radical (unpaired) electrons. The highest BCUT2D eigenvalue weighted by Gasteiger charge is 2.32. The Morgan fingerprint density at radius 2 is 2.09 bits per heavy atom. The molecule has 0 spiro atoms. The predicted octanol–water partition coefficient (Wildman–Crippen LogP) is 2.46. The van der Waals surface area contributed by atoms with Crippen molar-refractivity contribution in [2.45, 2.75) is 44.0 Å². The molecule has 1 aliphatic rings. The van der Waals surface area contributed by atoms with Crippen LogP contribution in [0.4, 0.5) is 0 Å². The first-order valence-electron chi connectivity index (χ1n) is 7.86. The molecule has 0 aliphatic carbocycles. The fraction of sp³-hybridized carbons (Fsp3) is 0.562. The molecule has 1 aromatic rings. The number of sulfonamides is 1. The number of hydrogen-bond acceptors (Lipinski definition) is 4. The summed E-state index contributed by atoms with van der Waals surface area (Å²) in [4.78, 5) is 12.0. The van der Waals surface area contributed by atoms with E-state index in [-0.39, 0.29) is 29.1 Å². The van der Waals surface area contributed by atoms with Crippen LogP contribution in [0.3, 0.4) is 0 Å². The molecule has 1 aliphatic heterocycles. The van der Waals surface area contributed by atoms with E-state index in [0.29, 0.717) is 25.1 Å². The Hall–Kier alpha value is -0.950. The van der Waals surface area contributed by atoms with E-state index in [4.69, 9.17) is 0 Å². The monoisotopic (exact) mass is 360 g/mol. The van der Waals surface area contributed by atoms with Crippen molar-refractivity contribution < 1.29 is 13.2 Å². The highest BCUT2D eigenvalue weighted by atomic mass is 35.5. The van der Waals surface area contributed by atoms with Crippen molar-refractivity contribution in [3.63, 3.8) is 0 Å². The maximum absolute atomic E-state index is 13.0. The second-order valence-electron chi connectivity index (χ2n) is 5.57. The first kappa shape index (κ1) is 20.1. The zero-order valence-corrected chi connectivity index (χ0v) is 15.3. The molecule has 1 saturated heterocycles. The van der Waals surface area contributed by atoms with Gasteiger partial charge in [0.05, 0.1) is 4.90 Å². The van der Waals surface area contributed by atoms with Crippen LogP contribution in [0.5, 0.6) is 0 Å². The third kappa shape index (κ3) is 4.53. The van der Waals surface area contributed by atoms with Crippen LogP contribution in [-0.2, 0) is 10.0 Å². The second-order valence-corrected chi connectivity index (χ2v) is 7.46. The summed E-state index contributed by atoms with van der Waals surface area (Å²) in [6.07, 6.45) is 1.96. The standard InChI is InChI=1S/C16H24N2O3S.ClH/c1-3-10-18(14-8-9-17-12-14)22(20,21)15-7-5-6-13(11-15)16(19)4-2;/h5-7,11,14,17H,3-4,8-10,12H2,1-2H3;1H. The smallest absolute Gasteiger partial charge is 0.243 e. The molecular weight excluding hydrogens is 336 g/mol. The highest BCUT2D eigenvalue weighted by molar-refractivity contribution is 7.89. The average Bonchev–Trinajstić information content (AvgIpc) is 3.05. The summed E-state index contributed by atoms with van der Waals surface area (Å²) in [5.74, 6) is -0.0402. The van der Waals surface area contributed by atoms with Gasteiger partial charge in [0, 0.05) is 31.1 Å². The van der Waals surface area contributed by atoms with Crippen LogP contribution in [0, 0.1) is 0 Å². The third-order valence-corrected chi connectivity index (χ3v) is 5.92. The summed E-state index contributed by atoms with van der Waals surface area (Å²) in [5.41, 5.74) is 0.463. The molecule has 130 valence electrons. The molecule has 1 fully saturated rings. The van der Waals surface area contributed by atoms with Crippen molar-refractivity contribution >= 4 is 28.2 Å². The quantitative estimate of drug-likeness (QED) is 0.758. The number of nitrogens with one attached hydrogen (secondary N) is 1. The van der Waals surface area contributed by atoms with Gasteiger partial charge in [-0.05, 0) is 31.5 Å². The van der Waals surface area contributed by atoms with E-state index in [1.807, 2.05) is 6.92 Å². The van der Waals surface area contributed by atoms with Crippen molar-refractivity contribution in [2.75, 3.05) is 19.6 Å². The third-order valence-electron chi connectivity index (χ3n) is 3.97. The Bertz CT molecular complexity index is 628. The van der Waals surface area contributed by atoms with Gasteiger partial charge in [-0.3, -0.25) is 4.79 Å². The maximum Gasteiger partial charge on any atom is 0.243 e. The van der Waals surface area contributed by atoms with Gasteiger partial charge in [-0.15, -0.1) is 12.4 Å². The van der Waals surface area contributed by atoms with Crippen molar-refractivity contribution in [1.82, 2.24) is 9.62 Å². The summed E-state index contributed by atoms with van der Waals surface area (Å²) in [7, 11) is -3.57. The van der Waals surface area contributed by atoms with Crippen LogP contribution >= 0.6 is 12.4 Å². The van der Waals surface area contributed by atoms with Gasteiger partial charge in [0.25, 0.3) is 0 Å². The summed E-state index contributed by atoms with van der Waals surface area (Å²) < 4.78 is 27.5. The van der Waals surface area contributed by atoms with Crippen LogP contribution < -0.4 is 5.32 Å². The lowest BCUT2D eigenvalue weighted by atomic mass is 10.1. The topological polar surface area (TPSA) is 66.5 Å². The summed E-state index contributed by atoms with van der Waals surface area (Å²) in [6, 6.07) is 6.40. The van der Waals surface area contributed by atoms with Gasteiger partial charge in [0.1, 0.15) is 0 Å². The van der Waals surface area contributed by atoms with E-state index in [9.17, 15) is 13.2 Å². The summed E-state index contributed by atoms with van der Waals surface area (Å²) in [5, 5.41) is 3.21. The van der Waals surface area contributed by atoms with Gasteiger partial charge in [-0.25, -0.2) is 8.42 Å². The fourth-order valence-corrected chi connectivity index (χ4v) is 4.57. The Balaban J connectivity index is 0.00000264. The Morgan fingerprint density at radius 1 is 1.35 bits per heavy atom. The van der Waals surface area contributed by atoms with Crippen LogP contribution in [0.1, 0.15) is 43.5 Å². The van der Waals surface area contributed by atoms with E-state index in [1.54, 1.807) is 29.4 Å². The number of carbonyl (C=O) groups excluding carboxylic acids is 1. The van der Waals surface area contributed by atoms with Crippen molar-refractivity contribution in [3.05, 3.63) is 29.8 Å². The molecule has 7 heteroatoms. The largest absolute Gasteiger partial charge is 0.315 e. The number of benzene rings is 1. The average molecular weight is 361 g/mol. The maximum atomic E-state index is 13.0. The number of Topliss-reactive ketones (excluding diaryl/α,β-unsaturated/α-hetero) is 1. The molecule has 1 N–H and O–H groups in total. The molecule has 0 amide bonds. The van der Waals surface area contributed by atoms with E-state index >= 15 is 0 Å². The van der Waals surface area contributed by atoms with Crippen molar-refractivity contribution in [1.29, 1.82) is 0 Å². The molecule has 2 rings (SSSR count). The van der Waals surface area contributed by atoms with E-state index in [1.165, 1.54) is 6.07 Å². The highest BCUT2D eigenvalue weighted by Crippen LogP contribution is 2.22. The molecular formula is C16H25ClN2O3S. The minimum atomic E-state index is -3.57. The molecule has 1 unspecified atom stereocenters. The van der Waals surface area contributed by atoms with Crippen LogP contribution in [0.25, 0.3) is 0 Å². The minimum absolute atomic E-state index is 0. The Labute approximate surface area is 144 Å². The lowest BCUT2D eigenvalue weighted by Crippen LogP contribution is -2.42. The van der Waals surface area contributed by atoms with Crippen LogP contribution in [0.15, 0.2) is 29.2 Å². The lowest BCUT2D eigenvalue weighted by molar-refractivity contribution is 0.0988. The number of carbonyl (C=O) groups is 1. The van der Waals surface area contributed by atoms with Gasteiger partial charge in [0.15, 0.2) is 5.78 Å². The molecule has 23 heavy (non-hydrogen) atoms. The molecule has 0 aromatic heterocycles. The number of ketones is 1. The van der Waals surface area contributed by atoms with Gasteiger partial charge in [-0.1, -0.05) is 26.0 Å². The molecule has 0 bridgehead atoms. The van der Waals surface area contributed by atoms with Crippen molar-refractivity contribution in [3.8, 4) is 0 Å². The Morgan fingerprint density at radius 3 is 2.65 bits per heavy atom. The lowest BCUT2D eigenvalue weighted by Gasteiger charge is -2.27. The van der Waals surface area contributed by atoms with E-state index in [0.717, 1.165) is 19.4 Å². The summed E-state index contributed by atoms with van der Waals surface area (Å²) >= 11 is 0. The SMILES string of the molecule is CCCN(C1CCNC1)S(=O)(=O)c1cccc(C(=O)CC)c1.Cl. The first-order chi connectivity index (χ1) is 10.5. The number of nitrogens with zero attached hydrogens (tertiary/aromatic N) is 1.